The Morgan fingerprint density at radius 3 is 2.24 bits per heavy atom. The standard InChI is InChI=1S/C10H14F4N3O13P3/c11-5-6(18)9(10(12,13)14,28-7(5)17-2-1-4(15)16-8(17)19)3-27-32(23,24)30-33(25,26)29-31(20,21)22/h1-2,5-7,18H,3H2,(H,23,24)(H,25,26)(H2,15,16,19)(H2,20,21,22)/t5-,6+,7?,9-/m1/s1. The van der Waals surface area contributed by atoms with E-state index in [2.05, 4.69) is 22.9 Å². The minimum absolute atomic E-state index is 0.183. The Morgan fingerprint density at radius 2 is 1.76 bits per heavy atom. The number of nitrogens with zero attached hydrogens (tertiary/aromatic N) is 2. The fourth-order valence-electron chi connectivity index (χ4n) is 2.51. The van der Waals surface area contributed by atoms with Crippen LogP contribution in [-0.2, 0) is 31.6 Å². The second-order valence-corrected chi connectivity index (χ2v) is 10.6. The molecule has 1 aromatic heterocycles. The minimum atomic E-state index is -6.11. The fraction of sp³-hybridized carbons (Fsp3) is 0.600. The van der Waals surface area contributed by atoms with E-state index >= 15 is 0 Å². The summed E-state index contributed by atoms with van der Waals surface area (Å²) in [5.41, 5.74) is -0.326. The zero-order valence-electron chi connectivity index (χ0n) is 15.4. The molecule has 7 N–H and O–H groups in total. The number of halogens is 4. The van der Waals surface area contributed by atoms with Gasteiger partial charge in [0.25, 0.3) is 0 Å². The monoisotopic (exact) mass is 553 g/mol. The molecule has 6 atom stereocenters. The normalized spacial score (nSPS) is 30.0. The molecular weight excluding hydrogens is 539 g/mol. The predicted octanol–water partition coefficient (Wildman–Crippen LogP) is -0.302. The van der Waals surface area contributed by atoms with Gasteiger partial charge < -0.3 is 35.2 Å². The molecule has 0 radical (unpaired) electrons. The van der Waals surface area contributed by atoms with Crippen LogP contribution in [0.4, 0.5) is 23.4 Å². The number of hydrogen-bond donors (Lipinski definition) is 6. The highest BCUT2D eigenvalue weighted by atomic mass is 31.3. The van der Waals surface area contributed by atoms with Crippen molar-refractivity contribution in [3.8, 4) is 0 Å². The van der Waals surface area contributed by atoms with E-state index in [1.807, 2.05) is 0 Å². The number of aromatic nitrogens is 2. The third-order valence-corrected chi connectivity index (χ3v) is 7.63. The SMILES string of the molecule is Nc1ccn(C2O[C@@](COP(=O)(O)OP(=O)(O)OP(=O)(O)O)(C(F)(F)F)[C@@H](O)[C@H]2F)c(=O)n1. The number of phosphoric ester groups is 1. The molecule has 0 spiro atoms. The Hall–Kier alpha value is -1.27. The Morgan fingerprint density at radius 1 is 1.18 bits per heavy atom. The zero-order chi connectivity index (χ0) is 25.6. The van der Waals surface area contributed by atoms with Crippen LogP contribution in [0.1, 0.15) is 6.23 Å². The summed E-state index contributed by atoms with van der Waals surface area (Å²) in [4.78, 5) is 50.2. The van der Waals surface area contributed by atoms with Crippen molar-refractivity contribution in [3.63, 3.8) is 0 Å². The second kappa shape index (κ2) is 9.07. The van der Waals surface area contributed by atoms with Gasteiger partial charge in [0, 0.05) is 6.20 Å². The Balaban J connectivity index is 2.34. The van der Waals surface area contributed by atoms with Crippen LogP contribution >= 0.6 is 23.5 Å². The molecule has 1 aromatic rings. The molecule has 3 unspecified atom stereocenters. The highest BCUT2D eigenvalue weighted by molar-refractivity contribution is 7.66. The molecule has 2 rings (SSSR count). The lowest BCUT2D eigenvalue weighted by Crippen LogP contribution is -2.57. The number of phosphoric acid groups is 3. The van der Waals surface area contributed by atoms with Crippen LogP contribution in [0.25, 0.3) is 0 Å². The van der Waals surface area contributed by atoms with Crippen molar-refractivity contribution >= 4 is 29.3 Å². The van der Waals surface area contributed by atoms with Gasteiger partial charge >= 0.3 is 35.3 Å². The lowest BCUT2D eigenvalue weighted by Gasteiger charge is -2.33. The van der Waals surface area contributed by atoms with Crippen LogP contribution < -0.4 is 11.4 Å². The number of hydrogen-bond acceptors (Lipinski definition) is 11. The predicted molar refractivity (Wildman–Crippen MR) is 92.5 cm³/mol. The number of aliphatic hydroxyl groups excluding tert-OH is 1. The van der Waals surface area contributed by atoms with Gasteiger partial charge in [-0.1, -0.05) is 0 Å². The van der Waals surface area contributed by atoms with Gasteiger partial charge in [0.15, 0.2) is 12.4 Å². The van der Waals surface area contributed by atoms with Gasteiger partial charge in [0.2, 0.25) is 5.60 Å². The van der Waals surface area contributed by atoms with Gasteiger partial charge in [0.1, 0.15) is 11.9 Å². The lowest BCUT2D eigenvalue weighted by molar-refractivity contribution is -0.304. The van der Waals surface area contributed by atoms with Crippen LogP contribution in [0.3, 0.4) is 0 Å². The molecule has 0 aromatic carbocycles. The van der Waals surface area contributed by atoms with Gasteiger partial charge in [-0.2, -0.15) is 26.8 Å². The van der Waals surface area contributed by atoms with E-state index in [0.717, 1.165) is 6.07 Å². The van der Waals surface area contributed by atoms with Crippen LogP contribution in [0.15, 0.2) is 17.1 Å². The molecule has 0 amide bonds. The van der Waals surface area contributed by atoms with E-state index in [-0.39, 0.29) is 10.4 Å². The van der Waals surface area contributed by atoms with Gasteiger partial charge in [0.05, 0.1) is 6.61 Å². The third-order valence-electron chi connectivity index (χ3n) is 3.85. The van der Waals surface area contributed by atoms with Crippen LogP contribution in [0.5, 0.6) is 0 Å². The number of rotatable bonds is 8. The van der Waals surface area contributed by atoms with E-state index in [1.54, 1.807) is 0 Å². The van der Waals surface area contributed by atoms with Crippen molar-refractivity contribution in [1.29, 1.82) is 0 Å². The van der Waals surface area contributed by atoms with E-state index < -0.39 is 66.0 Å². The molecule has 0 bridgehead atoms. The Labute approximate surface area is 179 Å². The van der Waals surface area contributed by atoms with E-state index in [4.69, 9.17) is 20.4 Å². The number of anilines is 1. The Bertz CT molecular complexity index is 1090. The summed E-state index contributed by atoms with van der Waals surface area (Å²) in [6, 6.07) is 0.878. The maximum atomic E-state index is 14.5. The summed E-state index contributed by atoms with van der Waals surface area (Å²) < 4.78 is 105. The van der Waals surface area contributed by atoms with E-state index in [1.165, 1.54) is 0 Å². The van der Waals surface area contributed by atoms with Crippen molar-refractivity contribution in [2.24, 2.45) is 0 Å². The molecule has 0 aliphatic carbocycles. The summed E-state index contributed by atoms with van der Waals surface area (Å²) in [6.07, 6.45) is -13.8. The number of nitrogen functional groups attached to an aromatic ring is 1. The number of aliphatic hydroxyl groups is 1. The number of ether oxygens (including phenoxy) is 1. The summed E-state index contributed by atoms with van der Waals surface area (Å²) in [7, 11) is -18.0. The first-order valence-corrected chi connectivity index (χ1v) is 12.4. The molecule has 1 aliphatic rings. The fourth-order valence-corrected chi connectivity index (χ4v) is 5.56. The van der Waals surface area contributed by atoms with Crippen molar-refractivity contribution in [1.82, 2.24) is 9.55 Å². The van der Waals surface area contributed by atoms with Gasteiger partial charge in [-0.25, -0.2) is 22.9 Å². The van der Waals surface area contributed by atoms with Gasteiger partial charge in [-0.3, -0.25) is 9.09 Å². The zero-order valence-corrected chi connectivity index (χ0v) is 18.1. The quantitative estimate of drug-likeness (QED) is 0.179. The minimum Gasteiger partial charge on any atom is -0.386 e. The maximum Gasteiger partial charge on any atom is 0.490 e. The van der Waals surface area contributed by atoms with E-state index in [9.17, 15) is 46.1 Å². The highest BCUT2D eigenvalue weighted by Crippen LogP contribution is 2.66. The van der Waals surface area contributed by atoms with Crippen molar-refractivity contribution in [3.05, 3.63) is 22.7 Å². The van der Waals surface area contributed by atoms with E-state index in [0.29, 0.717) is 6.20 Å². The van der Waals surface area contributed by atoms with Crippen LogP contribution in [0.2, 0.25) is 0 Å². The molecule has 23 heteroatoms. The largest absolute Gasteiger partial charge is 0.490 e. The summed E-state index contributed by atoms with van der Waals surface area (Å²) >= 11 is 0. The smallest absolute Gasteiger partial charge is 0.386 e. The van der Waals surface area contributed by atoms with Gasteiger partial charge in [-0.05, 0) is 6.07 Å². The summed E-state index contributed by atoms with van der Waals surface area (Å²) in [5, 5.41) is 9.90. The first-order chi connectivity index (χ1) is 14.7. The first-order valence-electron chi connectivity index (χ1n) is 7.89. The van der Waals surface area contributed by atoms with Crippen LogP contribution in [-0.4, -0.2) is 64.9 Å². The molecule has 190 valence electrons. The van der Waals surface area contributed by atoms with Crippen LogP contribution in [0, 0.1) is 0 Å². The first kappa shape index (κ1) is 28.0. The average molecular weight is 553 g/mol. The lowest BCUT2D eigenvalue weighted by atomic mass is 9.96. The molecule has 1 fully saturated rings. The number of alkyl halides is 4. The molecule has 16 nitrogen and oxygen atoms in total. The molecule has 0 saturated carbocycles. The van der Waals surface area contributed by atoms with Crippen molar-refractivity contribution in [2.45, 2.75) is 30.3 Å². The second-order valence-electron chi connectivity index (χ2n) is 6.19. The number of nitrogens with two attached hydrogens (primary N) is 1. The topological polar surface area (TPSA) is 250 Å². The highest BCUT2D eigenvalue weighted by Gasteiger charge is 2.70. The van der Waals surface area contributed by atoms with Gasteiger partial charge in [-0.15, -0.1) is 0 Å². The molecule has 1 saturated heterocycles. The summed E-state index contributed by atoms with van der Waals surface area (Å²) in [5.74, 6) is -0.389. The summed E-state index contributed by atoms with van der Waals surface area (Å²) in [6.45, 7) is -2.27. The molecule has 33 heavy (non-hydrogen) atoms. The maximum absolute atomic E-state index is 14.5. The Kier molecular flexibility index (Phi) is 7.69. The molecule has 1 aliphatic heterocycles. The van der Waals surface area contributed by atoms with Crippen molar-refractivity contribution in [2.75, 3.05) is 12.3 Å². The average Bonchev–Trinajstić information content (AvgIpc) is 2.82. The molecular formula is C10H14F4N3O13P3. The molecule has 2 heterocycles. The van der Waals surface area contributed by atoms with Crippen molar-refractivity contribution < 1.29 is 73.8 Å². The third kappa shape index (κ3) is 6.45.